The molecule has 1 unspecified atom stereocenters. The van der Waals surface area contributed by atoms with Crippen LogP contribution in [0.15, 0.2) is 60.7 Å². The summed E-state index contributed by atoms with van der Waals surface area (Å²) in [7, 11) is 1.65. The Morgan fingerprint density at radius 3 is 2.68 bits per heavy atom. The molecule has 0 heterocycles. The van der Waals surface area contributed by atoms with Gasteiger partial charge in [-0.05, 0) is 42.7 Å². The normalized spacial score (nSPS) is 12.1. The molecule has 0 aromatic heterocycles. The number of methoxy groups -OCH3 is 1. The van der Waals surface area contributed by atoms with Crippen LogP contribution in [0, 0.1) is 0 Å². The first-order valence-corrected chi connectivity index (χ1v) is 7.34. The Bertz CT molecular complexity index is 635. The third-order valence-electron chi connectivity index (χ3n) is 3.29. The number of rotatable bonds is 6. The summed E-state index contributed by atoms with van der Waals surface area (Å²) in [6.07, 6.45) is 4.15. The van der Waals surface area contributed by atoms with E-state index in [1.165, 1.54) is 0 Å². The van der Waals surface area contributed by atoms with E-state index in [9.17, 15) is 4.79 Å². The van der Waals surface area contributed by atoms with Crippen molar-refractivity contribution in [1.29, 1.82) is 0 Å². The Kier molecular flexibility index (Phi) is 5.78. The van der Waals surface area contributed by atoms with Gasteiger partial charge in [0.05, 0.1) is 7.11 Å². The Morgan fingerprint density at radius 1 is 1.18 bits per heavy atom. The number of amides is 1. The highest BCUT2D eigenvalue weighted by Crippen LogP contribution is 2.14. The number of hydrogen-bond acceptors (Lipinski definition) is 2. The summed E-state index contributed by atoms with van der Waals surface area (Å²) < 4.78 is 5.21. The largest absolute Gasteiger partial charge is 0.497 e. The first-order chi connectivity index (χ1) is 10.7. The van der Waals surface area contributed by atoms with Crippen LogP contribution in [0.25, 0.3) is 6.08 Å². The molecule has 0 spiro atoms. The number of hydrogen-bond donors (Lipinski definition) is 1. The third-order valence-corrected chi connectivity index (χ3v) is 3.29. The molecule has 0 radical (unpaired) electrons. The lowest BCUT2D eigenvalue weighted by Crippen LogP contribution is -2.32. The standard InChI is InChI=1S/C19H21NO2/c1-15(13-17-9-6-10-18(14-17)22-2)20-19(21)12-11-16-7-4-3-5-8-16/h3-12,14-15H,13H2,1-2H3,(H,20,21)/b12-11+. The summed E-state index contributed by atoms with van der Waals surface area (Å²) >= 11 is 0. The fourth-order valence-corrected chi connectivity index (χ4v) is 2.23. The second-order valence-corrected chi connectivity index (χ2v) is 5.21. The van der Waals surface area contributed by atoms with Crippen molar-refractivity contribution in [2.45, 2.75) is 19.4 Å². The van der Waals surface area contributed by atoms with Crippen molar-refractivity contribution in [2.75, 3.05) is 7.11 Å². The van der Waals surface area contributed by atoms with Crippen molar-refractivity contribution in [3.8, 4) is 5.75 Å². The van der Waals surface area contributed by atoms with E-state index < -0.39 is 0 Å². The van der Waals surface area contributed by atoms with Crippen LogP contribution in [-0.4, -0.2) is 19.1 Å². The summed E-state index contributed by atoms with van der Waals surface area (Å²) in [5.74, 6) is 0.749. The highest BCUT2D eigenvalue weighted by molar-refractivity contribution is 5.91. The van der Waals surface area contributed by atoms with E-state index in [1.807, 2.05) is 67.6 Å². The quantitative estimate of drug-likeness (QED) is 0.829. The van der Waals surface area contributed by atoms with Gasteiger partial charge in [0.25, 0.3) is 0 Å². The molecule has 1 N–H and O–H groups in total. The van der Waals surface area contributed by atoms with Gasteiger partial charge >= 0.3 is 0 Å². The molecule has 0 aliphatic heterocycles. The van der Waals surface area contributed by atoms with E-state index in [4.69, 9.17) is 4.74 Å². The number of carbonyl (C=O) groups excluding carboxylic acids is 1. The average molecular weight is 295 g/mol. The molecular formula is C19H21NO2. The average Bonchev–Trinajstić information content (AvgIpc) is 2.54. The van der Waals surface area contributed by atoms with Crippen LogP contribution in [-0.2, 0) is 11.2 Å². The van der Waals surface area contributed by atoms with Gasteiger partial charge in [0.2, 0.25) is 5.91 Å². The molecule has 1 amide bonds. The van der Waals surface area contributed by atoms with Gasteiger partial charge < -0.3 is 10.1 Å². The third kappa shape index (κ3) is 5.09. The lowest BCUT2D eigenvalue weighted by Gasteiger charge is -2.13. The highest BCUT2D eigenvalue weighted by atomic mass is 16.5. The summed E-state index contributed by atoms with van der Waals surface area (Å²) in [5.41, 5.74) is 2.15. The SMILES string of the molecule is COc1cccc(CC(C)NC(=O)/C=C/c2ccccc2)c1. The molecule has 0 fully saturated rings. The van der Waals surface area contributed by atoms with Crippen LogP contribution in [0.2, 0.25) is 0 Å². The molecule has 3 nitrogen and oxygen atoms in total. The molecule has 0 saturated heterocycles. The van der Waals surface area contributed by atoms with Gasteiger partial charge in [-0.25, -0.2) is 0 Å². The Morgan fingerprint density at radius 2 is 1.95 bits per heavy atom. The van der Waals surface area contributed by atoms with Gasteiger partial charge in [-0.2, -0.15) is 0 Å². The molecular weight excluding hydrogens is 274 g/mol. The van der Waals surface area contributed by atoms with E-state index in [-0.39, 0.29) is 11.9 Å². The molecule has 3 heteroatoms. The first kappa shape index (κ1) is 15.8. The van der Waals surface area contributed by atoms with Gasteiger partial charge in [0, 0.05) is 12.1 Å². The fourth-order valence-electron chi connectivity index (χ4n) is 2.23. The molecule has 0 aliphatic carbocycles. The second kappa shape index (κ2) is 8.03. The van der Waals surface area contributed by atoms with Crippen LogP contribution < -0.4 is 10.1 Å². The zero-order valence-electron chi connectivity index (χ0n) is 13.0. The van der Waals surface area contributed by atoms with E-state index in [0.29, 0.717) is 0 Å². The zero-order chi connectivity index (χ0) is 15.8. The van der Waals surface area contributed by atoms with Gasteiger partial charge in [-0.1, -0.05) is 42.5 Å². The maximum atomic E-state index is 11.9. The van der Waals surface area contributed by atoms with Gasteiger partial charge in [0.15, 0.2) is 0 Å². The van der Waals surface area contributed by atoms with Gasteiger partial charge in [-0.3, -0.25) is 4.79 Å². The van der Waals surface area contributed by atoms with Crippen molar-refractivity contribution in [3.05, 3.63) is 71.8 Å². The molecule has 0 saturated carbocycles. The zero-order valence-corrected chi connectivity index (χ0v) is 13.0. The van der Waals surface area contributed by atoms with Gasteiger partial charge in [0.1, 0.15) is 5.75 Å². The molecule has 22 heavy (non-hydrogen) atoms. The van der Waals surface area contributed by atoms with Crippen LogP contribution in [0.4, 0.5) is 0 Å². The molecule has 2 aromatic rings. The van der Waals surface area contributed by atoms with Crippen LogP contribution in [0.3, 0.4) is 0 Å². The van der Waals surface area contributed by atoms with Gasteiger partial charge in [-0.15, -0.1) is 0 Å². The highest BCUT2D eigenvalue weighted by Gasteiger charge is 2.06. The summed E-state index contributed by atoms with van der Waals surface area (Å²) in [6, 6.07) is 17.7. The minimum absolute atomic E-state index is 0.0556. The van der Waals surface area contributed by atoms with E-state index in [1.54, 1.807) is 13.2 Å². The predicted octanol–water partition coefficient (Wildman–Crippen LogP) is 3.46. The topological polar surface area (TPSA) is 38.3 Å². The maximum Gasteiger partial charge on any atom is 0.244 e. The molecule has 1 atom stereocenters. The summed E-state index contributed by atoms with van der Waals surface area (Å²) in [5, 5.41) is 2.97. The number of carbonyl (C=O) groups is 1. The maximum absolute atomic E-state index is 11.9. The van der Waals surface area contributed by atoms with Crippen molar-refractivity contribution in [1.82, 2.24) is 5.32 Å². The number of benzene rings is 2. The van der Waals surface area contributed by atoms with Crippen LogP contribution >= 0.6 is 0 Å². The molecule has 0 bridgehead atoms. The van der Waals surface area contributed by atoms with E-state index in [2.05, 4.69) is 5.32 Å². The minimum atomic E-state index is -0.0840. The molecule has 2 rings (SSSR count). The lowest BCUT2D eigenvalue weighted by atomic mass is 10.1. The lowest BCUT2D eigenvalue weighted by molar-refractivity contribution is -0.117. The molecule has 2 aromatic carbocycles. The van der Waals surface area contributed by atoms with Crippen molar-refractivity contribution in [2.24, 2.45) is 0 Å². The first-order valence-electron chi connectivity index (χ1n) is 7.34. The minimum Gasteiger partial charge on any atom is -0.497 e. The monoisotopic (exact) mass is 295 g/mol. The van der Waals surface area contributed by atoms with E-state index >= 15 is 0 Å². The number of ether oxygens (including phenoxy) is 1. The Balaban J connectivity index is 1.87. The van der Waals surface area contributed by atoms with E-state index in [0.717, 1.165) is 23.3 Å². The smallest absolute Gasteiger partial charge is 0.244 e. The van der Waals surface area contributed by atoms with Crippen molar-refractivity contribution in [3.63, 3.8) is 0 Å². The Hall–Kier alpha value is -2.55. The predicted molar refractivity (Wildman–Crippen MR) is 89.8 cm³/mol. The van der Waals surface area contributed by atoms with Crippen molar-refractivity contribution >= 4 is 12.0 Å². The fraction of sp³-hybridized carbons (Fsp3) is 0.211. The summed E-state index contributed by atoms with van der Waals surface area (Å²) in [6.45, 7) is 1.99. The second-order valence-electron chi connectivity index (χ2n) is 5.21. The van der Waals surface area contributed by atoms with Crippen molar-refractivity contribution < 1.29 is 9.53 Å². The molecule has 0 aliphatic rings. The van der Waals surface area contributed by atoms with Crippen LogP contribution in [0.5, 0.6) is 5.75 Å². The number of nitrogens with one attached hydrogen (secondary N) is 1. The molecule has 114 valence electrons. The summed E-state index contributed by atoms with van der Waals surface area (Å²) in [4.78, 5) is 11.9. The van der Waals surface area contributed by atoms with Crippen LogP contribution in [0.1, 0.15) is 18.1 Å². The Labute approximate surface area is 131 Å².